The van der Waals surface area contributed by atoms with Gasteiger partial charge in [0.05, 0.1) is 12.3 Å². The van der Waals surface area contributed by atoms with Crippen molar-refractivity contribution in [2.24, 2.45) is 15.9 Å². The molecule has 0 aliphatic carbocycles. The van der Waals surface area contributed by atoms with Crippen molar-refractivity contribution in [3.05, 3.63) is 48.0 Å². The minimum atomic E-state index is -0.633. The van der Waals surface area contributed by atoms with Gasteiger partial charge in [-0.15, -0.1) is 5.10 Å². The molecule has 0 spiro atoms. The van der Waals surface area contributed by atoms with Gasteiger partial charge in [0.2, 0.25) is 18.6 Å². The quantitative estimate of drug-likeness (QED) is 0.242. The van der Waals surface area contributed by atoms with Crippen LogP contribution in [0.25, 0.3) is 0 Å². The largest absolute Gasteiger partial charge is 0.494 e. The molecule has 2 aliphatic rings. The number of carbonyl (C=O) groups excluding carboxylic acids is 2. The normalized spacial score (nSPS) is 17.9. The summed E-state index contributed by atoms with van der Waals surface area (Å²) in [5.41, 5.74) is 8.42. The molecule has 0 saturated carbocycles. The van der Waals surface area contributed by atoms with E-state index in [0.717, 1.165) is 47.4 Å². The van der Waals surface area contributed by atoms with Crippen LogP contribution in [0.1, 0.15) is 38.7 Å². The molecule has 184 valence electrons. The molecule has 0 unspecified atom stereocenters. The number of nitrogens with two attached hydrogens (primary N) is 1. The van der Waals surface area contributed by atoms with Gasteiger partial charge in [0.1, 0.15) is 11.0 Å². The molecular weight excluding hydrogens is 468 g/mol. The van der Waals surface area contributed by atoms with Crippen molar-refractivity contribution < 1.29 is 23.8 Å². The topological polar surface area (TPSA) is 116 Å². The summed E-state index contributed by atoms with van der Waals surface area (Å²) < 4.78 is 16.3. The van der Waals surface area contributed by atoms with E-state index < -0.39 is 5.25 Å². The Hall–Kier alpha value is -3.53. The van der Waals surface area contributed by atoms with Crippen LogP contribution < -0.4 is 24.8 Å². The Morgan fingerprint density at radius 1 is 1.14 bits per heavy atom. The molecule has 0 aromatic heterocycles. The fourth-order valence-electron chi connectivity index (χ4n) is 3.65. The molecule has 1 atom stereocenters. The smallest absolute Gasteiger partial charge is 0.247 e. The van der Waals surface area contributed by atoms with Gasteiger partial charge in [-0.25, -0.2) is 4.90 Å². The van der Waals surface area contributed by atoms with E-state index in [9.17, 15) is 9.59 Å². The second-order valence-electron chi connectivity index (χ2n) is 8.18. The van der Waals surface area contributed by atoms with Gasteiger partial charge in [-0.05, 0) is 68.1 Å². The lowest BCUT2D eigenvalue weighted by Gasteiger charge is -2.15. The molecule has 1 saturated heterocycles. The van der Waals surface area contributed by atoms with Gasteiger partial charge in [0.15, 0.2) is 16.7 Å². The fraction of sp³-hybridized carbons (Fsp3) is 0.360. The number of carbonyl (C=O) groups is 2. The molecule has 2 heterocycles. The molecule has 4 rings (SSSR count). The molecule has 2 aromatic rings. The lowest BCUT2D eigenvalue weighted by molar-refractivity contribution is -0.121. The van der Waals surface area contributed by atoms with Gasteiger partial charge in [-0.3, -0.25) is 9.59 Å². The van der Waals surface area contributed by atoms with Gasteiger partial charge in [-0.1, -0.05) is 24.8 Å². The number of rotatable bonds is 9. The van der Waals surface area contributed by atoms with Crippen LogP contribution in [0.15, 0.2) is 52.7 Å². The van der Waals surface area contributed by atoms with Crippen molar-refractivity contribution in [3.8, 4) is 17.2 Å². The molecule has 35 heavy (non-hydrogen) atoms. The predicted octanol–water partition coefficient (Wildman–Crippen LogP) is 3.89. The molecule has 1 fully saturated rings. The summed E-state index contributed by atoms with van der Waals surface area (Å²) in [6.45, 7) is 4.75. The Balaban J connectivity index is 1.31. The van der Waals surface area contributed by atoms with E-state index in [1.165, 1.54) is 4.90 Å². The van der Waals surface area contributed by atoms with Crippen LogP contribution in [0.5, 0.6) is 17.2 Å². The number of amidine groups is 1. The number of fused-ring (bicyclic) bond motifs is 1. The van der Waals surface area contributed by atoms with Gasteiger partial charge < -0.3 is 19.9 Å². The van der Waals surface area contributed by atoms with Gasteiger partial charge in [-0.2, -0.15) is 5.10 Å². The number of anilines is 1. The molecule has 10 heteroatoms. The number of thioether (sulfide) groups is 1. The van der Waals surface area contributed by atoms with E-state index in [1.807, 2.05) is 32.0 Å². The Morgan fingerprint density at radius 2 is 1.91 bits per heavy atom. The van der Waals surface area contributed by atoms with E-state index >= 15 is 0 Å². The summed E-state index contributed by atoms with van der Waals surface area (Å²) in [6, 6.07) is 12.8. The number of nitrogens with zero attached hydrogens (tertiary/aromatic N) is 3. The Bertz CT molecular complexity index is 1150. The number of amides is 2. The maximum absolute atomic E-state index is 12.9. The SMILES string of the molecule is CCCOc1ccc(N2C(=O)C[C@H](SC(N)=N/N=C(/C)CCc3ccc4c(c3)OCO4)C2=O)cc1. The molecule has 0 radical (unpaired) electrons. The maximum Gasteiger partial charge on any atom is 0.247 e. The molecule has 2 amide bonds. The van der Waals surface area contributed by atoms with Crippen LogP contribution in [-0.4, -0.2) is 41.3 Å². The highest BCUT2D eigenvalue weighted by Crippen LogP contribution is 2.33. The molecule has 2 aliphatic heterocycles. The third kappa shape index (κ3) is 6.13. The molecule has 9 nitrogen and oxygen atoms in total. The summed E-state index contributed by atoms with van der Waals surface area (Å²) in [4.78, 5) is 26.6. The summed E-state index contributed by atoms with van der Waals surface area (Å²) in [7, 11) is 0. The zero-order chi connectivity index (χ0) is 24.8. The van der Waals surface area contributed by atoms with E-state index in [0.29, 0.717) is 24.5 Å². The van der Waals surface area contributed by atoms with E-state index in [2.05, 4.69) is 10.2 Å². The molecule has 2 aromatic carbocycles. The number of hydrogen-bond donors (Lipinski definition) is 1. The molecule has 2 N–H and O–H groups in total. The lowest BCUT2D eigenvalue weighted by atomic mass is 10.1. The van der Waals surface area contributed by atoms with Gasteiger partial charge >= 0.3 is 0 Å². The summed E-state index contributed by atoms with van der Waals surface area (Å²) in [6.07, 6.45) is 2.41. The van der Waals surface area contributed by atoms with Crippen molar-refractivity contribution in [2.75, 3.05) is 18.3 Å². The highest BCUT2D eigenvalue weighted by atomic mass is 32.2. The third-order valence-electron chi connectivity index (χ3n) is 5.47. The van der Waals surface area contributed by atoms with Crippen molar-refractivity contribution >= 4 is 40.1 Å². The number of hydrogen-bond acceptors (Lipinski definition) is 8. The van der Waals surface area contributed by atoms with E-state index in [4.69, 9.17) is 19.9 Å². The van der Waals surface area contributed by atoms with Crippen LogP contribution in [-0.2, 0) is 16.0 Å². The molecule has 0 bridgehead atoms. The number of benzene rings is 2. The van der Waals surface area contributed by atoms with Crippen molar-refractivity contribution in [3.63, 3.8) is 0 Å². The third-order valence-corrected chi connectivity index (χ3v) is 6.44. The predicted molar refractivity (Wildman–Crippen MR) is 136 cm³/mol. The number of imide groups is 1. The maximum atomic E-state index is 12.9. The van der Waals surface area contributed by atoms with Crippen LogP contribution >= 0.6 is 11.8 Å². The van der Waals surface area contributed by atoms with E-state index in [-0.39, 0.29) is 30.2 Å². The molecular formula is C25H28N4O5S. The standard InChI is InChI=1S/C25H28N4O5S/c1-3-12-32-19-9-7-18(8-10-19)29-23(30)14-22(24(29)31)35-25(26)28-27-16(2)4-5-17-6-11-20-21(13-17)34-15-33-20/h6-11,13,22H,3-5,12,14-15H2,1-2H3,(H2,26,28)/b27-16-/t22-/m0/s1. The first kappa shape index (κ1) is 24.6. The Labute approximate surface area is 208 Å². The minimum Gasteiger partial charge on any atom is -0.494 e. The summed E-state index contributed by atoms with van der Waals surface area (Å²) in [5, 5.41) is 7.75. The second kappa shape index (κ2) is 11.3. The summed E-state index contributed by atoms with van der Waals surface area (Å²) >= 11 is 1.06. The van der Waals surface area contributed by atoms with Crippen LogP contribution in [0.3, 0.4) is 0 Å². The highest BCUT2D eigenvalue weighted by molar-refractivity contribution is 8.14. The van der Waals surface area contributed by atoms with Crippen LogP contribution in [0.4, 0.5) is 5.69 Å². The number of ether oxygens (including phenoxy) is 3. The van der Waals surface area contributed by atoms with Crippen molar-refractivity contribution in [2.45, 2.75) is 44.8 Å². The monoisotopic (exact) mass is 496 g/mol. The first-order valence-corrected chi connectivity index (χ1v) is 12.3. The highest BCUT2D eigenvalue weighted by Gasteiger charge is 2.40. The van der Waals surface area contributed by atoms with Gasteiger partial charge in [0.25, 0.3) is 0 Å². The number of aryl methyl sites for hydroxylation is 1. The van der Waals surface area contributed by atoms with Crippen LogP contribution in [0.2, 0.25) is 0 Å². The first-order valence-electron chi connectivity index (χ1n) is 11.5. The Kier molecular flexibility index (Phi) is 7.91. The van der Waals surface area contributed by atoms with E-state index in [1.54, 1.807) is 24.3 Å². The first-order chi connectivity index (χ1) is 16.9. The van der Waals surface area contributed by atoms with Crippen molar-refractivity contribution in [1.82, 2.24) is 0 Å². The van der Waals surface area contributed by atoms with Crippen LogP contribution in [0, 0.1) is 0 Å². The van der Waals surface area contributed by atoms with Gasteiger partial charge in [0, 0.05) is 12.1 Å². The minimum absolute atomic E-state index is 0.0562. The fourth-order valence-corrected chi connectivity index (χ4v) is 4.47. The van der Waals surface area contributed by atoms with Crippen molar-refractivity contribution in [1.29, 1.82) is 0 Å². The lowest BCUT2D eigenvalue weighted by Crippen LogP contribution is -2.31. The summed E-state index contributed by atoms with van der Waals surface area (Å²) in [5.74, 6) is 1.62. The zero-order valence-electron chi connectivity index (χ0n) is 19.7. The average Bonchev–Trinajstić information content (AvgIpc) is 3.43. The Morgan fingerprint density at radius 3 is 2.69 bits per heavy atom. The average molecular weight is 497 g/mol. The zero-order valence-corrected chi connectivity index (χ0v) is 20.5. The second-order valence-corrected chi connectivity index (χ2v) is 9.40.